The van der Waals surface area contributed by atoms with Crippen LogP contribution in [0, 0.1) is 0 Å². The number of carbonyl (C=O) groups excluding carboxylic acids is 1. The Morgan fingerprint density at radius 2 is 2.18 bits per heavy atom. The fourth-order valence-corrected chi connectivity index (χ4v) is 2.55. The molecule has 1 saturated heterocycles. The van der Waals surface area contributed by atoms with Crippen LogP contribution < -0.4 is 0 Å². The van der Waals surface area contributed by atoms with Crippen molar-refractivity contribution in [1.82, 2.24) is 4.90 Å². The third-order valence-electron chi connectivity index (χ3n) is 3.30. The molecule has 4 nitrogen and oxygen atoms in total. The van der Waals surface area contributed by atoms with Gasteiger partial charge < -0.3 is 10.0 Å². The maximum atomic E-state index is 12.1. The summed E-state index contributed by atoms with van der Waals surface area (Å²) in [6, 6.07) is 0.127. The Balaban J connectivity index is 2.58. The van der Waals surface area contributed by atoms with Gasteiger partial charge in [0.25, 0.3) is 0 Å². The Morgan fingerprint density at radius 3 is 2.76 bits per heavy atom. The highest BCUT2D eigenvalue weighted by molar-refractivity contribution is 7.99. The van der Waals surface area contributed by atoms with E-state index in [-0.39, 0.29) is 23.6 Å². The summed E-state index contributed by atoms with van der Waals surface area (Å²) < 4.78 is 0. The largest absolute Gasteiger partial charge is 0.481 e. The number of carbonyl (C=O) groups is 2. The standard InChI is InChI=1S/C12H21NO3S/c1-9(17-2)12(16)13-8-4-3-5-10(13)6-7-11(14)15/h9-10H,3-8H2,1-2H3,(H,14,15)/t9-,10+/m0/s1. The van der Waals surface area contributed by atoms with Crippen LogP contribution in [0.25, 0.3) is 0 Å². The fourth-order valence-electron chi connectivity index (χ4n) is 2.22. The number of aliphatic carboxylic acids is 1. The van der Waals surface area contributed by atoms with Crippen LogP contribution >= 0.6 is 11.8 Å². The van der Waals surface area contributed by atoms with Crippen LogP contribution in [0.15, 0.2) is 0 Å². The monoisotopic (exact) mass is 259 g/mol. The van der Waals surface area contributed by atoms with Crippen LogP contribution in [0.1, 0.15) is 39.0 Å². The van der Waals surface area contributed by atoms with E-state index in [4.69, 9.17) is 5.11 Å². The topological polar surface area (TPSA) is 57.6 Å². The SMILES string of the molecule is CS[C@@H](C)C(=O)N1CCCC[C@@H]1CCC(=O)O. The summed E-state index contributed by atoms with van der Waals surface area (Å²) in [6.45, 7) is 2.70. The van der Waals surface area contributed by atoms with Gasteiger partial charge in [0.1, 0.15) is 0 Å². The fraction of sp³-hybridized carbons (Fsp3) is 0.833. The molecule has 0 aromatic carbocycles. The molecule has 1 amide bonds. The number of hydrogen-bond donors (Lipinski definition) is 1. The van der Waals surface area contributed by atoms with E-state index in [1.165, 1.54) is 0 Å². The number of piperidine rings is 1. The van der Waals surface area contributed by atoms with Gasteiger partial charge in [-0.05, 0) is 38.9 Å². The van der Waals surface area contributed by atoms with Crippen molar-refractivity contribution in [3.8, 4) is 0 Å². The van der Waals surface area contributed by atoms with Crippen molar-refractivity contribution in [3.63, 3.8) is 0 Å². The van der Waals surface area contributed by atoms with Crippen LogP contribution in [0.5, 0.6) is 0 Å². The second-order valence-electron chi connectivity index (χ2n) is 4.49. The molecule has 17 heavy (non-hydrogen) atoms. The van der Waals surface area contributed by atoms with Crippen molar-refractivity contribution in [2.75, 3.05) is 12.8 Å². The van der Waals surface area contributed by atoms with E-state index in [9.17, 15) is 9.59 Å². The van der Waals surface area contributed by atoms with Crippen molar-refractivity contribution in [2.24, 2.45) is 0 Å². The normalized spacial score (nSPS) is 22.2. The van der Waals surface area contributed by atoms with Gasteiger partial charge in [0, 0.05) is 19.0 Å². The van der Waals surface area contributed by atoms with E-state index < -0.39 is 5.97 Å². The molecule has 1 aliphatic heterocycles. The number of carboxylic acids is 1. The van der Waals surface area contributed by atoms with E-state index in [1.807, 2.05) is 18.1 Å². The number of amides is 1. The molecule has 1 heterocycles. The molecule has 1 N–H and O–H groups in total. The first-order valence-corrected chi connectivity index (χ1v) is 7.40. The quantitative estimate of drug-likeness (QED) is 0.820. The number of likely N-dealkylation sites (tertiary alicyclic amines) is 1. The molecule has 5 heteroatoms. The lowest BCUT2D eigenvalue weighted by Crippen LogP contribution is -2.47. The Hall–Kier alpha value is -0.710. The van der Waals surface area contributed by atoms with Crippen LogP contribution in [0.4, 0.5) is 0 Å². The predicted molar refractivity (Wildman–Crippen MR) is 69.2 cm³/mol. The lowest BCUT2D eigenvalue weighted by molar-refractivity contribution is -0.139. The van der Waals surface area contributed by atoms with Crippen molar-refractivity contribution in [3.05, 3.63) is 0 Å². The predicted octanol–water partition coefficient (Wildman–Crippen LogP) is 1.98. The molecule has 98 valence electrons. The third-order valence-corrected chi connectivity index (χ3v) is 4.21. The van der Waals surface area contributed by atoms with Gasteiger partial charge in [-0.1, -0.05) is 0 Å². The molecule has 0 bridgehead atoms. The Bertz CT molecular complexity index is 283. The van der Waals surface area contributed by atoms with E-state index in [0.717, 1.165) is 25.8 Å². The summed E-state index contributed by atoms with van der Waals surface area (Å²) in [6.07, 6.45) is 5.75. The molecule has 1 fully saturated rings. The minimum absolute atomic E-state index is 0.0274. The Morgan fingerprint density at radius 1 is 1.47 bits per heavy atom. The van der Waals surface area contributed by atoms with Gasteiger partial charge in [0.2, 0.25) is 5.91 Å². The summed E-state index contributed by atoms with van der Waals surface area (Å²) in [5.41, 5.74) is 0. The second-order valence-corrected chi connectivity index (χ2v) is 5.67. The van der Waals surface area contributed by atoms with Crippen LogP contribution in [-0.2, 0) is 9.59 Å². The molecule has 0 radical (unpaired) electrons. The van der Waals surface area contributed by atoms with Gasteiger partial charge >= 0.3 is 5.97 Å². The first kappa shape index (κ1) is 14.4. The summed E-state index contributed by atoms with van der Waals surface area (Å²) in [5.74, 6) is -0.617. The van der Waals surface area contributed by atoms with E-state index in [2.05, 4.69) is 0 Å². The molecule has 0 aromatic rings. The number of thioether (sulfide) groups is 1. The van der Waals surface area contributed by atoms with Crippen LogP contribution in [0.3, 0.4) is 0 Å². The average molecular weight is 259 g/mol. The van der Waals surface area contributed by atoms with E-state index in [0.29, 0.717) is 6.42 Å². The van der Waals surface area contributed by atoms with Crippen LogP contribution in [-0.4, -0.2) is 46.0 Å². The molecule has 0 aliphatic carbocycles. The number of nitrogens with zero attached hydrogens (tertiary/aromatic N) is 1. The maximum Gasteiger partial charge on any atom is 0.303 e. The highest BCUT2D eigenvalue weighted by Gasteiger charge is 2.29. The summed E-state index contributed by atoms with van der Waals surface area (Å²) in [5, 5.41) is 8.69. The lowest BCUT2D eigenvalue weighted by Gasteiger charge is -2.37. The van der Waals surface area contributed by atoms with Crippen molar-refractivity contribution in [2.45, 2.75) is 50.3 Å². The van der Waals surface area contributed by atoms with Gasteiger partial charge in [-0.25, -0.2) is 0 Å². The minimum Gasteiger partial charge on any atom is -0.481 e. The zero-order valence-corrected chi connectivity index (χ0v) is 11.3. The van der Waals surface area contributed by atoms with Gasteiger partial charge in [0.15, 0.2) is 0 Å². The molecule has 1 rings (SSSR count). The molecule has 2 atom stereocenters. The minimum atomic E-state index is -0.777. The van der Waals surface area contributed by atoms with Crippen LogP contribution in [0.2, 0.25) is 0 Å². The van der Waals surface area contributed by atoms with E-state index in [1.54, 1.807) is 11.8 Å². The summed E-state index contributed by atoms with van der Waals surface area (Å²) in [7, 11) is 0. The molecule has 0 spiro atoms. The zero-order valence-electron chi connectivity index (χ0n) is 10.5. The first-order valence-electron chi connectivity index (χ1n) is 6.11. The Labute approximate surface area is 107 Å². The molecular formula is C12H21NO3S. The van der Waals surface area contributed by atoms with Crippen molar-refractivity contribution < 1.29 is 14.7 Å². The molecule has 0 aromatic heterocycles. The van der Waals surface area contributed by atoms with Crippen molar-refractivity contribution in [1.29, 1.82) is 0 Å². The average Bonchev–Trinajstić information content (AvgIpc) is 2.34. The summed E-state index contributed by atoms with van der Waals surface area (Å²) in [4.78, 5) is 24.6. The lowest BCUT2D eigenvalue weighted by atomic mass is 9.97. The second kappa shape index (κ2) is 6.89. The van der Waals surface area contributed by atoms with Gasteiger partial charge in [-0.3, -0.25) is 9.59 Å². The highest BCUT2D eigenvalue weighted by atomic mass is 32.2. The van der Waals surface area contributed by atoms with Crippen molar-refractivity contribution >= 4 is 23.6 Å². The zero-order chi connectivity index (χ0) is 12.8. The molecule has 0 saturated carbocycles. The van der Waals surface area contributed by atoms with Gasteiger partial charge in [-0.15, -0.1) is 0 Å². The van der Waals surface area contributed by atoms with Gasteiger partial charge in [-0.2, -0.15) is 11.8 Å². The Kier molecular flexibility index (Phi) is 5.82. The number of rotatable bonds is 5. The molecular weight excluding hydrogens is 238 g/mol. The number of carboxylic acid groups (broad SMARTS) is 1. The summed E-state index contributed by atoms with van der Waals surface area (Å²) >= 11 is 1.55. The molecule has 0 unspecified atom stereocenters. The highest BCUT2D eigenvalue weighted by Crippen LogP contribution is 2.23. The maximum absolute atomic E-state index is 12.1. The first-order chi connectivity index (χ1) is 8.06. The number of hydrogen-bond acceptors (Lipinski definition) is 3. The van der Waals surface area contributed by atoms with Gasteiger partial charge in [0.05, 0.1) is 5.25 Å². The third kappa shape index (κ3) is 4.22. The molecule has 1 aliphatic rings. The smallest absolute Gasteiger partial charge is 0.303 e. The van der Waals surface area contributed by atoms with E-state index >= 15 is 0 Å².